The van der Waals surface area contributed by atoms with Gasteiger partial charge in [-0.3, -0.25) is 0 Å². The zero-order valence-electron chi connectivity index (χ0n) is 6.21. The van der Waals surface area contributed by atoms with Gasteiger partial charge in [0.15, 0.2) is 0 Å². The molecule has 2 heteroatoms. The zero-order valence-corrected chi connectivity index (χ0v) is 7.10. The monoisotopic (exact) mass is 166 g/mol. The molecular formula is C9H10OS. The van der Waals surface area contributed by atoms with Crippen molar-refractivity contribution in [1.29, 1.82) is 0 Å². The van der Waals surface area contributed by atoms with Crippen LogP contribution < -0.4 is 4.74 Å². The molecule has 0 bridgehead atoms. The summed E-state index contributed by atoms with van der Waals surface area (Å²) < 4.78 is 5.46. The molecule has 0 radical (unpaired) electrons. The highest BCUT2D eigenvalue weighted by atomic mass is 32.1. The first kappa shape index (κ1) is 7.04. The van der Waals surface area contributed by atoms with Gasteiger partial charge in [-0.05, 0) is 30.5 Å². The third-order valence-electron chi connectivity index (χ3n) is 1.90. The van der Waals surface area contributed by atoms with E-state index in [0.29, 0.717) is 0 Å². The first-order valence-electron chi connectivity index (χ1n) is 3.81. The lowest BCUT2D eigenvalue weighted by Gasteiger charge is -2.16. The molecule has 11 heavy (non-hydrogen) atoms. The Morgan fingerprint density at radius 2 is 2.27 bits per heavy atom. The van der Waals surface area contributed by atoms with E-state index in [2.05, 4.69) is 18.7 Å². The molecule has 1 heterocycles. The Labute approximate surface area is 71.8 Å². The molecule has 1 aliphatic rings. The van der Waals surface area contributed by atoms with E-state index in [1.54, 1.807) is 0 Å². The van der Waals surface area contributed by atoms with Crippen molar-refractivity contribution >= 4 is 12.6 Å². The van der Waals surface area contributed by atoms with E-state index in [4.69, 9.17) is 4.74 Å². The van der Waals surface area contributed by atoms with Gasteiger partial charge < -0.3 is 4.74 Å². The summed E-state index contributed by atoms with van der Waals surface area (Å²) in [5.41, 5.74) is 1.31. The third-order valence-corrected chi connectivity index (χ3v) is 2.18. The number of thiol groups is 1. The molecule has 1 aliphatic heterocycles. The van der Waals surface area contributed by atoms with E-state index in [0.717, 1.165) is 30.1 Å². The maximum absolute atomic E-state index is 5.46. The predicted octanol–water partition coefficient (Wildman–Crippen LogP) is 2.30. The van der Waals surface area contributed by atoms with Crippen LogP contribution in [0.3, 0.4) is 0 Å². The number of hydrogen-bond acceptors (Lipinski definition) is 2. The minimum atomic E-state index is 0.851. The molecule has 0 saturated heterocycles. The van der Waals surface area contributed by atoms with Crippen LogP contribution in [0.1, 0.15) is 12.0 Å². The van der Waals surface area contributed by atoms with E-state index in [9.17, 15) is 0 Å². The molecule has 0 aliphatic carbocycles. The fraction of sp³-hybridized carbons (Fsp3) is 0.333. The minimum Gasteiger partial charge on any atom is -0.493 e. The Morgan fingerprint density at radius 1 is 1.36 bits per heavy atom. The maximum Gasteiger partial charge on any atom is 0.123 e. The van der Waals surface area contributed by atoms with Crippen LogP contribution in [0, 0.1) is 0 Å². The van der Waals surface area contributed by atoms with E-state index in [1.807, 2.05) is 12.1 Å². The van der Waals surface area contributed by atoms with Crippen molar-refractivity contribution in [3.8, 4) is 5.75 Å². The van der Waals surface area contributed by atoms with Gasteiger partial charge >= 0.3 is 0 Å². The van der Waals surface area contributed by atoms with E-state index < -0.39 is 0 Å². The summed E-state index contributed by atoms with van der Waals surface area (Å²) in [5.74, 6) is 1.02. The molecule has 2 rings (SSSR count). The highest BCUT2D eigenvalue weighted by molar-refractivity contribution is 7.80. The molecule has 0 saturated carbocycles. The first-order chi connectivity index (χ1) is 5.36. The molecule has 0 fully saturated rings. The smallest absolute Gasteiger partial charge is 0.123 e. The number of benzene rings is 1. The fourth-order valence-electron chi connectivity index (χ4n) is 1.33. The third kappa shape index (κ3) is 1.36. The molecule has 0 amide bonds. The summed E-state index contributed by atoms with van der Waals surface area (Å²) in [7, 11) is 0. The largest absolute Gasteiger partial charge is 0.493 e. The second-order valence-electron chi connectivity index (χ2n) is 2.74. The molecular weight excluding hydrogens is 156 g/mol. The lowest BCUT2D eigenvalue weighted by Crippen LogP contribution is -2.07. The van der Waals surface area contributed by atoms with Crippen LogP contribution in [0.15, 0.2) is 23.1 Å². The van der Waals surface area contributed by atoms with Crippen LogP contribution in [0.2, 0.25) is 0 Å². The SMILES string of the molecule is Sc1ccc2c(c1)OCCC2. The summed E-state index contributed by atoms with van der Waals surface area (Å²) in [5, 5.41) is 0. The van der Waals surface area contributed by atoms with E-state index in [1.165, 1.54) is 5.56 Å². The van der Waals surface area contributed by atoms with Gasteiger partial charge in [-0.15, -0.1) is 12.6 Å². The quantitative estimate of drug-likeness (QED) is 0.582. The van der Waals surface area contributed by atoms with E-state index in [-0.39, 0.29) is 0 Å². The molecule has 0 aromatic heterocycles. The lowest BCUT2D eigenvalue weighted by molar-refractivity contribution is 0.287. The van der Waals surface area contributed by atoms with Gasteiger partial charge in [0.25, 0.3) is 0 Å². The van der Waals surface area contributed by atoms with Gasteiger partial charge in [0.2, 0.25) is 0 Å². The normalized spacial score (nSPS) is 15.4. The molecule has 0 unspecified atom stereocenters. The van der Waals surface area contributed by atoms with Crippen molar-refractivity contribution in [2.75, 3.05) is 6.61 Å². The summed E-state index contributed by atoms with van der Waals surface area (Å²) in [6.45, 7) is 0.851. The van der Waals surface area contributed by atoms with Crippen LogP contribution in [0.5, 0.6) is 5.75 Å². The van der Waals surface area contributed by atoms with Gasteiger partial charge in [-0.1, -0.05) is 6.07 Å². The summed E-state index contributed by atoms with van der Waals surface area (Å²) in [6.07, 6.45) is 2.28. The summed E-state index contributed by atoms with van der Waals surface area (Å²) in [4.78, 5) is 0.977. The average molecular weight is 166 g/mol. The Bertz CT molecular complexity index is 270. The second-order valence-corrected chi connectivity index (χ2v) is 3.26. The van der Waals surface area contributed by atoms with Gasteiger partial charge in [-0.2, -0.15) is 0 Å². The van der Waals surface area contributed by atoms with Crippen LogP contribution in [-0.4, -0.2) is 6.61 Å². The second kappa shape index (κ2) is 2.78. The van der Waals surface area contributed by atoms with Crippen LogP contribution in [0.25, 0.3) is 0 Å². The molecule has 1 aromatic carbocycles. The Balaban J connectivity index is 2.43. The molecule has 1 aromatic rings. The van der Waals surface area contributed by atoms with Crippen molar-refractivity contribution in [1.82, 2.24) is 0 Å². The van der Waals surface area contributed by atoms with E-state index >= 15 is 0 Å². The molecule has 58 valence electrons. The van der Waals surface area contributed by atoms with Crippen LogP contribution in [0.4, 0.5) is 0 Å². The fourth-order valence-corrected chi connectivity index (χ4v) is 1.52. The van der Waals surface area contributed by atoms with Gasteiger partial charge in [0.1, 0.15) is 5.75 Å². The Morgan fingerprint density at radius 3 is 3.18 bits per heavy atom. The van der Waals surface area contributed by atoms with Gasteiger partial charge in [0, 0.05) is 4.90 Å². The number of fused-ring (bicyclic) bond motifs is 1. The topological polar surface area (TPSA) is 9.23 Å². The number of ether oxygens (including phenoxy) is 1. The standard InChI is InChI=1S/C9H10OS/c11-8-4-3-7-2-1-5-10-9(7)6-8/h3-4,6,11H,1-2,5H2. The molecule has 0 atom stereocenters. The number of aryl methyl sites for hydroxylation is 1. The van der Waals surface area contributed by atoms with Gasteiger partial charge in [0.05, 0.1) is 6.61 Å². The Hall–Kier alpha value is -0.630. The van der Waals surface area contributed by atoms with Crippen molar-refractivity contribution < 1.29 is 4.74 Å². The van der Waals surface area contributed by atoms with Crippen molar-refractivity contribution in [2.45, 2.75) is 17.7 Å². The zero-order chi connectivity index (χ0) is 7.68. The molecule has 1 nitrogen and oxygen atoms in total. The van der Waals surface area contributed by atoms with Crippen molar-refractivity contribution in [2.24, 2.45) is 0 Å². The van der Waals surface area contributed by atoms with Crippen LogP contribution >= 0.6 is 12.6 Å². The van der Waals surface area contributed by atoms with Crippen molar-refractivity contribution in [3.63, 3.8) is 0 Å². The minimum absolute atomic E-state index is 0.851. The average Bonchev–Trinajstić information content (AvgIpc) is 2.04. The van der Waals surface area contributed by atoms with Gasteiger partial charge in [-0.25, -0.2) is 0 Å². The summed E-state index contributed by atoms with van der Waals surface area (Å²) >= 11 is 4.24. The lowest BCUT2D eigenvalue weighted by atomic mass is 10.1. The predicted molar refractivity (Wildman–Crippen MR) is 47.5 cm³/mol. The number of hydrogen-bond donors (Lipinski definition) is 1. The highest BCUT2D eigenvalue weighted by Crippen LogP contribution is 2.26. The summed E-state index contributed by atoms with van der Waals surface area (Å²) in [6, 6.07) is 6.09. The van der Waals surface area contributed by atoms with Crippen LogP contribution in [-0.2, 0) is 6.42 Å². The maximum atomic E-state index is 5.46. The Kier molecular flexibility index (Phi) is 1.78. The number of rotatable bonds is 0. The first-order valence-corrected chi connectivity index (χ1v) is 4.26. The van der Waals surface area contributed by atoms with Crippen molar-refractivity contribution in [3.05, 3.63) is 23.8 Å². The highest BCUT2D eigenvalue weighted by Gasteiger charge is 2.08. The molecule has 0 N–H and O–H groups in total. The molecule has 0 spiro atoms.